The van der Waals surface area contributed by atoms with Crippen LogP contribution in [0.5, 0.6) is 17.2 Å². The number of para-hydroxylation sites is 1. The van der Waals surface area contributed by atoms with Crippen LogP contribution in [0, 0.1) is 0 Å². The molecule has 0 aliphatic carbocycles. The highest BCUT2D eigenvalue weighted by molar-refractivity contribution is 7.42. The Labute approximate surface area is 438 Å². The molecule has 6 nitrogen and oxygen atoms in total. The third kappa shape index (κ3) is 10.4. The number of rotatable bonds is 4. The van der Waals surface area contributed by atoms with Crippen LogP contribution in [0.25, 0.3) is 33.1 Å². The van der Waals surface area contributed by atoms with E-state index in [1.165, 1.54) is 38.2 Å². The lowest BCUT2D eigenvalue weighted by molar-refractivity contribution is 0.0773. The topological polar surface area (TPSA) is 63.2 Å². The molecule has 0 radical (unpaired) electrons. The van der Waals surface area contributed by atoms with Crippen LogP contribution in [-0.2, 0) is 42.6 Å². The van der Waals surface area contributed by atoms with E-state index in [1.54, 1.807) is 0 Å². The largest absolute Gasteiger partial charge is 0.463 e. The predicted octanol–water partition coefficient (Wildman–Crippen LogP) is 19.0. The average Bonchev–Trinajstić information content (AvgIpc) is 3.36. The fourth-order valence-corrected chi connectivity index (χ4v) is 16.1. The van der Waals surface area contributed by atoms with Crippen molar-refractivity contribution in [3.05, 3.63) is 112 Å². The van der Waals surface area contributed by atoms with Crippen LogP contribution in [0.3, 0.4) is 0 Å². The lowest BCUT2D eigenvalue weighted by Gasteiger charge is -2.39. The second kappa shape index (κ2) is 17.7. The van der Waals surface area contributed by atoms with Gasteiger partial charge in [-0.1, -0.05) is 193 Å². The fraction of sp³-hybridized carbons (Fsp3) is 0.516. The zero-order valence-corrected chi connectivity index (χ0v) is 52.3. The van der Waals surface area contributed by atoms with Crippen LogP contribution in [-0.4, -0.2) is 16.1 Å². The van der Waals surface area contributed by atoms with Gasteiger partial charge < -0.3 is 22.0 Å². The Balaban J connectivity index is 1.60. The molecule has 0 saturated heterocycles. The summed E-state index contributed by atoms with van der Waals surface area (Å²) in [5.41, 5.74) is 9.85. The molecule has 0 fully saturated rings. The minimum absolute atomic E-state index is 0.125. The first-order chi connectivity index (χ1) is 32.7. The second-order valence-corrected chi connectivity index (χ2v) is 41.1. The summed E-state index contributed by atoms with van der Waals surface area (Å²) < 4.78 is 44.1. The molecule has 5 aromatic carbocycles. The minimum Gasteiger partial charge on any atom is -0.417 e. The van der Waals surface area contributed by atoms with Crippen molar-refractivity contribution in [3.8, 4) is 28.4 Å². The van der Waals surface area contributed by atoms with Gasteiger partial charge in [-0.25, -0.2) is 0 Å². The lowest BCUT2D eigenvalue weighted by atomic mass is 9.67. The zero-order chi connectivity index (χ0) is 53.5. The standard InChI is InChI=1S/C62H86O6P2Si2/c1-56(2,3)38-29-42-43-30-39(57(4,5)6)34-48-53(43)65-69(64-52(42)47(33-38)59(10,11)12)66-54-44(31-40(58(7,8)9)35-50(54)71(19,20)21)45-32-41(60(13,14)37-61(48,15)16)36-51(72(22,23)24)55(45)67-70-63-49-28-26-25-27-46(49)62(17,18)68-70/h25-36H,37H2,1-24H3. The van der Waals surface area contributed by atoms with Crippen LogP contribution < -0.4 is 23.9 Å². The van der Waals surface area contributed by atoms with Crippen molar-refractivity contribution in [1.29, 1.82) is 0 Å². The summed E-state index contributed by atoms with van der Waals surface area (Å²) in [5, 5.41) is 4.54. The molecule has 0 saturated carbocycles. The average molecular weight is 1050 g/mol. The van der Waals surface area contributed by atoms with Crippen molar-refractivity contribution in [2.24, 2.45) is 0 Å². The molecule has 8 rings (SSSR count). The Kier molecular flexibility index (Phi) is 13.4. The number of fused-ring (bicyclic) bond motifs is 8. The Morgan fingerprint density at radius 3 is 1.64 bits per heavy atom. The fourth-order valence-electron chi connectivity index (χ4n) is 10.6. The van der Waals surface area contributed by atoms with Gasteiger partial charge in [0.2, 0.25) is 0 Å². The van der Waals surface area contributed by atoms with E-state index in [9.17, 15) is 0 Å². The van der Waals surface area contributed by atoms with E-state index in [0.29, 0.717) is 0 Å². The van der Waals surface area contributed by atoms with E-state index in [2.05, 4.69) is 219 Å². The van der Waals surface area contributed by atoms with E-state index < -0.39 is 38.6 Å². The smallest absolute Gasteiger partial charge is 0.417 e. The van der Waals surface area contributed by atoms with Crippen molar-refractivity contribution in [2.45, 2.75) is 208 Å². The first kappa shape index (κ1) is 54.5. The maximum atomic E-state index is 7.81. The summed E-state index contributed by atoms with van der Waals surface area (Å²) in [5.74, 6) is 2.38. The Hall–Kier alpha value is -3.78. The third-order valence-corrected chi connectivity index (χ3v) is 21.3. The number of benzene rings is 5. The van der Waals surface area contributed by atoms with Crippen molar-refractivity contribution in [3.63, 3.8) is 0 Å². The van der Waals surface area contributed by atoms with Gasteiger partial charge in [-0.2, -0.15) is 0 Å². The molecule has 2 aliphatic heterocycles. The van der Waals surface area contributed by atoms with E-state index in [-0.39, 0.29) is 32.5 Å². The van der Waals surface area contributed by atoms with Gasteiger partial charge in [0.15, 0.2) is 0 Å². The maximum Gasteiger partial charge on any atom is 0.463 e. The Bertz CT molecular complexity index is 3150. The molecule has 388 valence electrons. The molecule has 4 bridgehead atoms. The molecule has 2 atom stereocenters. The molecule has 0 N–H and O–H groups in total. The molecule has 0 amide bonds. The molecular formula is C62H86O6P2Si2. The summed E-state index contributed by atoms with van der Waals surface area (Å²) in [6.07, 6.45) is 0.828. The maximum absolute atomic E-state index is 7.81. The van der Waals surface area contributed by atoms with Gasteiger partial charge in [-0.15, -0.1) is 0 Å². The van der Waals surface area contributed by atoms with Crippen molar-refractivity contribution >= 4 is 65.3 Å². The van der Waals surface area contributed by atoms with Gasteiger partial charge >= 0.3 is 16.8 Å². The molecule has 72 heavy (non-hydrogen) atoms. The first-order valence-corrected chi connectivity index (χ1v) is 35.4. The number of hydrogen-bond donors (Lipinski definition) is 0. The molecule has 3 heterocycles. The zero-order valence-electron chi connectivity index (χ0n) is 48.5. The molecule has 6 aromatic rings. The lowest BCUT2D eigenvalue weighted by Crippen LogP contribution is -2.41. The molecule has 0 spiro atoms. The quantitative estimate of drug-likeness (QED) is 0.129. The monoisotopic (exact) mass is 1040 g/mol. The van der Waals surface area contributed by atoms with E-state index in [4.69, 9.17) is 26.5 Å². The van der Waals surface area contributed by atoms with Crippen LogP contribution in [0.2, 0.25) is 39.3 Å². The highest BCUT2D eigenvalue weighted by atomic mass is 31.2. The summed E-state index contributed by atoms with van der Waals surface area (Å²) in [6.45, 7) is 56.1. The van der Waals surface area contributed by atoms with Crippen molar-refractivity contribution < 1.29 is 26.5 Å². The normalized spacial score (nSPS) is 18.3. The highest BCUT2D eigenvalue weighted by Crippen LogP contribution is 2.57. The van der Waals surface area contributed by atoms with Crippen LogP contribution in [0.1, 0.15) is 170 Å². The molecule has 2 unspecified atom stereocenters. The molecule has 2 aliphatic rings. The summed E-state index contributed by atoms with van der Waals surface area (Å²) in [7, 11) is -8.47. The van der Waals surface area contributed by atoms with Crippen molar-refractivity contribution in [2.75, 3.05) is 0 Å². The van der Waals surface area contributed by atoms with Gasteiger partial charge in [0.05, 0.1) is 16.1 Å². The van der Waals surface area contributed by atoms with Gasteiger partial charge in [0.25, 0.3) is 0 Å². The number of hydrogen-bond acceptors (Lipinski definition) is 6. The molecular weight excluding hydrogens is 959 g/mol. The van der Waals surface area contributed by atoms with Gasteiger partial charge in [0.1, 0.15) is 34.0 Å². The third-order valence-electron chi connectivity index (χ3n) is 15.0. The molecule has 1 aromatic heterocycles. The van der Waals surface area contributed by atoms with Crippen molar-refractivity contribution in [1.82, 2.24) is 0 Å². The minimum atomic E-state index is -2.23. The highest BCUT2D eigenvalue weighted by Gasteiger charge is 2.43. The van der Waals surface area contributed by atoms with Crippen LogP contribution in [0.4, 0.5) is 0 Å². The first-order valence-electron chi connectivity index (χ1n) is 26.2. The van der Waals surface area contributed by atoms with Gasteiger partial charge in [-0.05, 0) is 116 Å². The van der Waals surface area contributed by atoms with Crippen LogP contribution in [0.15, 0.2) is 81.2 Å². The Morgan fingerprint density at radius 2 is 1.07 bits per heavy atom. The summed E-state index contributed by atoms with van der Waals surface area (Å²) >= 11 is 0. The SMILES string of the molecule is CC(C)(C)c1cc2c(c([Si](C)(C)C)c1)Op1oc3c(C(C)(C)C)cc(C(C)(C)C)cc3c3cc(C(C)(C)C)cc(c3o1)C(C)(C)CC(C)(C)c1cc-2c(OP2Oc3ccccc3C(C)(C)O2)c([Si](C)(C)C)c1. The van der Waals surface area contributed by atoms with E-state index in [0.717, 1.165) is 67.9 Å². The van der Waals surface area contributed by atoms with Crippen LogP contribution >= 0.6 is 16.8 Å². The molecule has 10 heteroatoms. The summed E-state index contributed by atoms with van der Waals surface area (Å²) in [4.78, 5) is 0. The van der Waals surface area contributed by atoms with E-state index in [1.807, 2.05) is 18.2 Å². The summed E-state index contributed by atoms with van der Waals surface area (Å²) in [6, 6.07) is 27.4. The van der Waals surface area contributed by atoms with Gasteiger partial charge in [0, 0.05) is 38.6 Å². The second-order valence-electron chi connectivity index (χ2n) is 29.0. The van der Waals surface area contributed by atoms with Gasteiger partial charge in [-0.3, -0.25) is 4.52 Å². The Morgan fingerprint density at radius 1 is 0.528 bits per heavy atom. The predicted molar refractivity (Wildman–Crippen MR) is 314 cm³/mol. The van der Waals surface area contributed by atoms with E-state index >= 15 is 0 Å².